The van der Waals surface area contributed by atoms with E-state index in [2.05, 4.69) is 50.3 Å². The minimum Gasteiger partial charge on any atom is -0.353 e. The Labute approximate surface area is 176 Å². The maximum absolute atomic E-state index is 9.60. The molecule has 2 aromatic carbocycles. The molecule has 0 N–H and O–H groups in total. The van der Waals surface area contributed by atoms with E-state index in [9.17, 15) is 5.26 Å². The molecular formula is C23H22ClN5. The number of benzene rings is 2. The van der Waals surface area contributed by atoms with E-state index in [1.54, 1.807) is 12.1 Å². The van der Waals surface area contributed by atoms with Crippen LogP contribution in [0.5, 0.6) is 0 Å². The van der Waals surface area contributed by atoms with Gasteiger partial charge in [0.05, 0.1) is 11.8 Å². The van der Waals surface area contributed by atoms with Gasteiger partial charge in [-0.25, -0.2) is 0 Å². The van der Waals surface area contributed by atoms with E-state index in [4.69, 9.17) is 11.6 Å². The van der Waals surface area contributed by atoms with Crippen molar-refractivity contribution in [3.63, 3.8) is 0 Å². The Morgan fingerprint density at radius 2 is 1.62 bits per heavy atom. The van der Waals surface area contributed by atoms with Crippen LogP contribution in [0.15, 0.2) is 66.7 Å². The van der Waals surface area contributed by atoms with Crippen molar-refractivity contribution in [2.75, 3.05) is 31.1 Å². The van der Waals surface area contributed by atoms with Crippen LogP contribution in [0, 0.1) is 11.3 Å². The number of piperazine rings is 1. The summed E-state index contributed by atoms with van der Waals surface area (Å²) in [5, 5.41) is 19.0. The van der Waals surface area contributed by atoms with Crippen molar-refractivity contribution < 1.29 is 0 Å². The quantitative estimate of drug-likeness (QED) is 0.641. The highest BCUT2D eigenvalue weighted by Crippen LogP contribution is 2.24. The largest absolute Gasteiger partial charge is 0.353 e. The summed E-state index contributed by atoms with van der Waals surface area (Å²) in [6.07, 6.45) is 0. The van der Waals surface area contributed by atoms with Gasteiger partial charge in [0.1, 0.15) is 5.92 Å². The molecule has 1 aromatic heterocycles. The van der Waals surface area contributed by atoms with Crippen LogP contribution >= 0.6 is 11.6 Å². The molecule has 1 aliphatic rings. The Balaban J connectivity index is 1.38. The van der Waals surface area contributed by atoms with Gasteiger partial charge < -0.3 is 4.90 Å². The second kappa shape index (κ2) is 9.04. The van der Waals surface area contributed by atoms with Crippen molar-refractivity contribution in [1.29, 1.82) is 5.26 Å². The Kier molecular flexibility index (Phi) is 6.04. The van der Waals surface area contributed by atoms with Gasteiger partial charge in [-0.2, -0.15) is 10.4 Å². The Hall–Kier alpha value is -2.94. The van der Waals surface area contributed by atoms with Crippen LogP contribution in [0.4, 0.5) is 5.82 Å². The van der Waals surface area contributed by atoms with Gasteiger partial charge in [0, 0.05) is 37.7 Å². The summed E-state index contributed by atoms with van der Waals surface area (Å²) in [7, 11) is 0. The van der Waals surface area contributed by atoms with E-state index in [1.165, 1.54) is 5.56 Å². The SMILES string of the molecule is N#CC(c1ccc(Cl)cc1)c1ccc(N2CCN(Cc3ccccc3)CC2)nn1. The van der Waals surface area contributed by atoms with Crippen molar-refractivity contribution in [2.45, 2.75) is 12.5 Å². The standard InChI is InChI=1S/C23H22ClN5/c24-20-8-6-19(7-9-20)21(16-25)22-10-11-23(27-26-22)29-14-12-28(13-15-29)17-18-4-2-1-3-5-18/h1-11,21H,12-15,17H2. The zero-order valence-corrected chi connectivity index (χ0v) is 16.8. The predicted molar refractivity (Wildman–Crippen MR) is 115 cm³/mol. The Bertz CT molecular complexity index is 959. The molecule has 3 aromatic rings. The van der Waals surface area contributed by atoms with Crippen LogP contribution in [-0.2, 0) is 6.54 Å². The van der Waals surface area contributed by atoms with Crippen LogP contribution < -0.4 is 4.90 Å². The van der Waals surface area contributed by atoms with Gasteiger partial charge >= 0.3 is 0 Å². The Morgan fingerprint density at radius 3 is 2.24 bits per heavy atom. The van der Waals surface area contributed by atoms with E-state index in [1.807, 2.05) is 30.3 Å². The van der Waals surface area contributed by atoms with Gasteiger partial charge in [-0.15, -0.1) is 5.10 Å². The van der Waals surface area contributed by atoms with Gasteiger partial charge in [-0.05, 0) is 35.4 Å². The lowest BCUT2D eigenvalue weighted by molar-refractivity contribution is 0.249. The fourth-order valence-electron chi connectivity index (χ4n) is 3.60. The normalized spacial score (nSPS) is 15.7. The highest BCUT2D eigenvalue weighted by Gasteiger charge is 2.20. The lowest BCUT2D eigenvalue weighted by Gasteiger charge is -2.35. The van der Waals surface area contributed by atoms with E-state index in [0.717, 1.165) is 44.1 Å². The topological polar surface area (TPSA) is 56.1 Å². The highest BCUT2D eigenvalue weighted by molar-refractivity contribution is 6.30. The first-order chi connectivity index (χ1) is 14.2. The van der Waals surface area contributed by atoms with Crippen LogP contribution in [0.2, 0.25) is 5.02 Å². The second-order valence-electron chi connectivity index (χ2n) is 7.18. The smallest absolute Gasteiger partial charge is 0.151 e. The van der Waals surface area contributed by atoms with Crippen LogP contribution in [0.3, 0.4) is 0 Å². The molecule has 0 bridgehead atoms. The minimum atomic E-state index is -0.448. The van der Waals surface area contributed by atoms with Gasteiger partial charge in [0.2, 0.25) is 0 Å². The molecule has 1 aliphatic heterocycles. The van der Waals surface area contributed by atoms with Gasteiger partial charge in [0.15, 0.2) is 5.82 Å². The fourth-order valence-corrected chi connectivity index (χ4v) is 3.73. The lowest BCUT2D eigenvalue weighted by Crippen LogP contribution is -2.46. The third-order valence-electron chi connectivity index (χ3n) is 5.24. The summed E-state index contributed by atoms with van der Waals surface area (Å²) >= 11 is 5.95. The third kappa shape index (κ3) is 4.73. The molecule has 0 spiro atoms. The molecule has 0 saturated carbocycles. The van der Waals surface area contributed by atoms with Gasteiger partial charge in [0.25, 0.3) is 0 Å². The number of anilines is 1. The van der Waals surface area contributed by atoms with Crippen molar-refractivity contribution >= 4 is 17.4 Å². The van der Waals surface area contributed by atoms with E-state index in [-0.39, 0.29) is 0 Å². The molecule has 6 heteroatoms. The summed E-state index contributed by atoms with van der Waals surface area (Å²) in [5.74, 6) is 0.414. The highest BCUT2D eigenvalue weighted by atomic mass is 35.5. The zero-order chi connectivity index (χ0) is 20.1. The molecule has 0 amide bonds. The third-order valence-corrected chi connectivity index (χ3v) is 5.50. The molecule has 5 nitrogen and oxygen atoms in total. The van der Waals surface area contributed by atoms with Crippen molar-refractivity contribution in [3.8, 4) is 6.07 Å². The van der Waals surface area contributed by atoms with E-state index in [0.29, 0.717) is 10.7 Å². The lowest BCUT2D eigenvalue weighted by atomic mass is 9.97. The molecule has 0 radical (unpaired) electrons. The van der Waals surface area contributed by atoms with Crippen LogP contribution in [0.25, 0.3) is 0 Å². The molecule has 29 heavy (non-hydrogen) atoms. The number of halogens is 1. The number of hydrogen-bond acceptors (Lipinski definition) is 5. The first-order valence-electron chi connectivity index (χ1n) is 9.73. The second-order valence-corrected chi connectivity index (χ2v) is 7.62. The van der Waals surface area contributed by atoms with E-state index >= 15 is 0 Å². The zero-order valence-electron chi connectivity index (χ0n) is 16.1. The van der Waals surface area contributed by atoms with Crippen LogP contribution in [-0.4, -0.2) is 41.3 Å². The molecule has 1 fully saturated rings. The maximum atomic E-state index is 9.60. The van der Waals surface area contributed by atoms with E-state index < -0.39 is 5.92 Å². The van der Waals surface area contributed by atoms with Crippen molar-refractivity contribution in [2.24, 2.45) is 0 Å². The van der Waals surface area contributed by atoms with Gasteiger partial charge in [-0.1, -0.05) is 54.1 Å². The summed E-state index contributed by atoms with van der Waals surface area (Å²) in [6.45, 7) is 4.79. The molecule has 146 valence electrons. The number of aromatic nitrogens is 2. The summed E-state index contributed by atoms with van der Waals surface area (Å²) in [4.78, 5) is 4.71. The number of hydrogen-bond donors (Lipinski definition) is 0. The summed E-state index contributed by atoms with van der Waals surface area (Å²) in [6, 6.07) is 24.0. The predicted octanol–water partition coefficient (Wildman–Crippen LogP) is 4.11. The first-order valence-corrected chi connectivity index (χ1v) is 10.1. The van der Waals surface area contributed by atoms with Crippen LogP contribution in [0.1, 0.15) is 22.7 Å². The molecular weight excluding hydrogens is 382 g/mol. The molecule has 4 rings (SSSR count). The first kappa shape index (κ1) is 19.4. The molecule has 1 saturated heterocycles. The minimum absolute atomic E-state index is 0.448. The molecule has 2 heterocycles. The average molecular weight is 404 g/mol. The maximum Gasteiger partial charge on any atom is 0.151 e. The summed E-state index contributed by atoms with van der Waals surface area (Å²) < 4.78 is 0. The van der Waals surface area contributed by atoms with Crippen molar-refractivity contribution in [1.82, 2.24) is 15.1 Å². The molecule has 0 aliphatic carbocycles. The van der Waals surface area contributed by atoms with Crippen molar-refractivity contribution in [3.05, 3.63) is 88.6 Å². The fraction of sp³-hybridized carbons (Fsp3) is 0.261. The monoisotopic (exact) mass is 403 g/mol. The summed E-state index contributed by atoms with van der Waals surface area (Å²) in [5.41, 5.74) is 2.87. The number of rotatable bonds is 5. The number of nitriles is 1. The Morgan fingerprint density at radius 1 is 0.897 bits per heavy atom. The average Bonchev–Trinajstić information content (AvgIpc) is 2.77. The molecule has 1 unspecified atom stereocenters. The van der Waals surface area contributed by atoms with Gasteiger partial charge in [-0.3, -0.25) is 4.90 Å². The number of nitrogens with zero attached hydrogens (tertiary/aromatic N) is 5. The molecule has 1 atom stereocenters.